The molecule has 0 radical (unpaired) electrons. The van der Waals surface area contributed by atoms with Gasteiger partial charge in [0, 0.05) is 44.3 Å². The highest BCUT2D eigenvalue weighted by atomic mass is 32.1. The molecule has 1 fully saturated rings. The molecule has 0 bridgehead atoms. The van der Waals surface area contributed by atoms with E-state index in [0.29, 0.717) is 38.3 Å². The van der Waals surface area contributed by atoms with Gasteiger partial charge in [0.15, 0.2) is 0 Å². The number of aromatic nitrogens is 2. The smallest absolute Gasteiger partial charge is 0.272 e. The van der Waals surface area contributed by atoms with Crippen LogP contribution in [-0.4, -0.2) is 57.6 Å². The summed E-state index contributed by atoms with van der Waals surface area (Å²) in [4.78, 5) is 31.1. The van der Waals surface area contributed by atoms with E-state index in [1.807, 2.05) is 17.9 Å². The van der Waals surface area contributed by atoms with Gasteiger partial charge in [-0.2, -0.15) is 5.10 Å². The Morgan fingerprint density at radius 1 is 1.17 bits per heavy atom. The summed E-state index contributed by atoms with van der Waals surface area (Å²) in [5.74, 6) is -0.198. The molecule has 7 heteroatoms. The van der Waals surface area contributed by atoms with Gasteiger partial charge in [0.05, 0.1) is 5.92 Å². The van der Waals surface area contributed by atoms with Crippen LogP contribution in [0.3, 0.4) is 0 Å². The van der Waals surface area contributed by atoms with E-state index in [9.17, 15) is 9.59 Å². The zero-order valence-electron chi connectivity index (χ0n) is 17.3. The van der Waals surface area contributed by atoms with Gasteiger partial charge >= 0.3 is 0 Å². The summed E-state index contributed by atoms with van der Waals surface area (Å²) in [6.45, 7) is 4.17. The molecule has 2 amide bonds. The molecule has 1 aromatic carbocycles. The zero-order valence-corrected chi connectivity index (χ0v) is 18.1. The van der Waals surface area contributed by atoms with Crippen LogP contribution < -0.4 is 0 Å². The summed E-state index contributed by atoms with van der Waals surface area (Å²) in [5, 5.41) is 6.18. The second kappa shape index (κ2) is 8.83. The topological polar surface area (TPSA) is 58.4 Å². The van der Waals surface area contributed by atoms with Crippen molar-refractivity contribution < 1.29 is 9.59 Å². The maximum Gasteiger partial charge on any atom is 0.272 e. The molecule has 1 saturated heterocycles. The van der Waals surface area contributed by atoms with Crippen molar-refractivity contribution in [1.29, 1.82) is 0 Å². The van der Waals surface area contributed by atoms with Crippen LogP contribution in [0.1, 0.15) is 23.0 Å². The zero-order chi connectivity index (χ0) is 21.1. The minimum Gasteiger partial charge on any atom is -0.341 e. The summed E-state index contributed by atoms with van der Waals surface area (Å²) in [6.07, 6.45) is 2.25. The van der Waals surface area contributed by atoms with Crippen LogP contribution in [0.4, 0.5) is 0 Å². The fourth-order valence-electron chi connectivity index (χ4n) is 3.97. The Labute approximate surface area is 180 Å². The molecule has 1 aliphatic heterocycles. The molecule has 1 atom stereocenters. The van der Waals surface area contributed by atoms with Gasteiger partial charge in [0.2, 0.25) is 5.91 Å². The van der Waals surface area contributed by atoms with Crippen molar-refractivity contribution in [2.24, 2.45) is 13.0 Å². The number of nitrogens with zero attached hydrogens (tertiary/aromatic N) is 4. The summed E-state index contributed by atoms with van der Waals surface area (Å²) < 4.78 is 1.59. The summed E-state index contributed by atoms with van der Waals surface area (Å²) >= 11 is 1.72. The molecule has 3 heterocycles. The molecule has 3 aromatic rings. The van der Waals surface area contributed by atoms with Crippen molar-refractivity contribution in [1.82, 2.24) is 19.6 Å². The summed E-state index contributed by atoms with van der Waals surface area (Å²) in [6, 6.07) is 14.3. The first-order chi connectivity index (χ1) is 14.6. The molecule has 0 N–H and O–H groups in total. The minimum atomic E-state index is -0.253. The molecule has 1 unspecified atom stereocenters. The molecule has 30 heavy (non-hydrogen) atoms. The van der Waals surface area contributed by atoms with Crippen LogP contribution in [0, 0.1) is 5.92 Å². The number of amides is 2. The lowest BCUT2D eigenvalue weighted by Crippen LogP contribution is -2.38. The highest BCUT2D eigenvalue weighted by Crippen LogP contribution is 2.26. The van der Waals surface area contributed by atoms with Gasteiger partial charge in [0.1, 0.15) is 5.69 Å². The lowest BCUT2D eigenvalue weighted by atomic mass is 9.96. The standard InChI is InChI=1S/C23H26N4O2S/c1-3-26-12-13-27(23(29)20-10-11-24-25(20)2)16-19(22(26)28)15-17-6-8-18(9-7-17)21-5-4-14-30-21/h4-11,14,19H,3,12-13,15-16H2,1-2H3. The summed E-state index contributed by atoms with van der Waals surface area (Å²) in [5.41, 5.74) is 2.84. The lowest BCUT2D eigenvalue weighted by molar-refractivity contribution is -0.134. The first kappa shape index (κ1) is 20.3. The highest BCUT2D eigenvalue weighted by Gasteiger charge is 2.32. The molecule has 1 aliphatic rings. The predicted octanol–water partition coefficient (Wildman–Crippen LogP) is 3.31. The molecule has 2 aromatic heterocycles. The van der Waals surface area contributed by atoms with Gasteiger partial charge in [0.25, 0.3) is 5.91 Å². The van der Waals surface area contributed by atoms with Crippen molar-refractivity contribution >= 4 is 23.2 Å². The number of thiophene rings is 1. The Morgan fingerprint density at radius 3 is 2.60 bits per heavy atom. The number of hydrogen-bond donors (Lipinski definition) is 0. The summed E-state index contributed by atoms with van der Waals surface area (Å²) in [7, 11) is 1.77. The Morgan fingerprint density at radius 2 is 1.97 bits per heavy atom. The van der Waals surface area contributed by atoms with Gasteiger partial charge in [-0.15, -0.1) is 11.3 Å². The third-order valence-electron chi connectivity index (χ3n) is 5.69. The van der Waals surface area contributed by atoms with E-state index in [-0.39, 0.29) is 17.7 Å². The fraction of sp³-hybridized carbons (Fsp3) is 0.348. The van der Waals surface area contributed by atoms with Crippen LogP contribution in [-0.2, 0) is 18.3 Å². The first-order valence-corrected chi connectivity index (χ1v) is 11.1. The Hall–Kier alpha value is -2.93. The normalized spacial score (nSPS) is 17.3. The van der Waals surface area contributed by atoms with E-state index in [4.69, 9.17) is 0 Å². The van der Waals surface area contributed by atoms with E-state index in [0.717, 1.165) is 5.56 Å². The second-order valence-corrected chi connectivity index (χ2v) is 8.53. The van der Waals surface area contributed by atoms with Crippen molar-refractivity contribution in [2.75, 3.05) is 26.2 Å². The van der Waals surface area contributed by atoms with Crippen molar-refractivity contribution in [3.8, 4) is 10.4 Å². The third-order valence-corrected chi connectivity index (χ3v) is 6.61. The number of hydrogen-bond acceptors (Lipinski definition) is 4. The maximum absolute atomic E-state index is 13.1. The number of rotatable bonds is 5. The van der Waals surface area contributed by atoms with E-state index >= 15 is 0 Å². The van der Waals surface area contributed by atoms with Crippen LogP contribution >= 0.6 is 11.3 Å². The highest BCUT2D eigenvalue weighted by molar-refractivity contribution is 7.13. The average Bonchev–Trinajstić information content (AvgIpc) is 3.41. The SMILES string of the molecule is CCN1CCN(C(=O)c2ccnn2C)CC(Cc2ccc(-c3cccs3)cc2)C1=O. The largest absolute Gasteiger partial charge is 0.341 e. The maximum atomic E-state index is 13.1. The first-order valence-electron chi connectivity index (χ1n) is 10.3. The van der Waals surface area contributed by atoms with Crippen molar-refractivity contribution in [3.05, 3.63) is 65.3 Å². The number of aryl methyl sites for hydroxylation is 1. The molecule has 4 rings (SSSR count). The van der Waals surface area contributed by atoms with E-state index < -0.39 is 0 Å². The number of carbonyl (C=O) groups is 2. The van der Waals surface area contributed by atoms with Gasteiger partial charge < -0.3 is 9.80 Å². The molecular weight excluding hydrogens is 396 g/mol. The Kier molecular flexibility index (Phi) is 5.99. The van der Waals surface area contributed by atoms with Crippen molar-refractivity contribution in [3.63, 3.8) is 0 Å². The van der Waals surface area contributed by atoms with Crippen molar-refractivity contribution in [2.45, 2.75) is 13.3 Å². The quantitative estimate of drug-likeness (QED) is 0.634. The molecule has 0 spiro atoms. The van der Waals surface area contributed by atoms with Crippen LogP contribution in [0.25, 0.3) is 10.4 Å². The van der Waals surface area contributed by atoms with Crippen LogP contribution in [0.15, 0.2) is 54.0 Å². The molecule has 156 valence electrons. The van der Waals surface area contributed by atoms with Gasteiger partial charge in [-0.25, -0.2) is 0 Å². The Balaban J connectivity index is 1.54. The van der Waals surface area contributed by atoms with Gasteiger partial charge in [-0.3, -0.25) is 14.3 Å². The minimum absolute atomic E-state index is 0.0706. The fourth-order valence-corrected chi connectivity index (χ4v) is 4.71. The number of benzene rings is 1. The third kappa shape index (κ3) is 4.16. The molecule has 0 saturated carbocycles. The lowest BCUT2D eigenvalue weighted by Gasteiger charge is -2.23. The van der Waals surface area contributed by atoms with Crippen LogP contribution in [0.5, 0.6) is 0 Å². The van der Waals surface area contributed by atoms with E-state index in [1.54, 1.807) is 40.2 Å². The monoisotopic (exact) mass is 422 g/mol. The van der Waals surface area contributed by atoms with Crippen LogP contribution in [0.2, 0.25) is 0 Å². The average molecular weight is 423 g/mol. The second-order valence-electron chi connectivity index (χ2n) is 7.58. The van der Waals surface area contributed by atoms with E-state index in [1.165, 1.54) is 10.4 Å². The number of likely N-dealkylation sites (N-methyl/N-ethyl adjacent to an activating group) is 1. The van der Waals surface area contributed by atoms with Gasteiger partial charge in [-0.05, 0) is 42.0 Å². The molecule has 0 aliphatic carbocycles. The van der Waals surface area contributed by atoms with Gasteiger partial charge in [-0.1, -0.05) is 30.3 Å². The predicted molar refractivity (Wildman–Crippen MR) is 118 cm³/mol. The number of carbonyl (C=O) groups excluding carboxylic acids is 2. The Bertz CT molecular complexity index is 1010. The molecule has 6 nitrogen and oxygen atoms in total. The molecular formula is C23H26N4O2S. The van der Waals surface area contributed by atoms with E-state index in [2.05, 4.69) is 40.8 Å².